The number of nitrogens with zero attached hydrogens (tertiary/aromatic N) is 1. The summed E-state index contributed by atoms with van der Waals surface area (Å²) in [6.07, 6.45) is 5.90. The Bertz CT molecular complexity index is 434. The van der Waals surface area contributed by atoms with Crippen molar-refractivity contribution < 1.29 is 14.7 Å². The van der Waals surface area contributed by atoms with Crippen LogP contribution in [-0.4, -0.2) is 28.0 Å². The maximum Gasteiger partial charge on any atom is 0.306 e. The summed E-state index contributed by atoms with van der Waals surface area (Å²) < 4.78 is 0. The standard InChI is InChI=1S/C15H22N2O3/c1-11(15(19)20)4-3-5-12(2)17-14(18)10-13-6-8-16-9-7-13/h6-9,11-12H,3-5,10H2,1-2H3,(H,17,18)(H,19,20). The molecular formula is C15H22N2O3. The van der Waals surface area contributed by atoms with Crippen LogP contribution in [0.25, 0.3) is 0 Å². The Labute approximate surface area is 119 Å². The maximum absolute atomic E-state index is 11.8. The zero-order chi connectivity index (χ0) is 15.0. The summed E-state index contributed by atoms with van der Waals surface area (Å²) in [6.45, 7) is 3.64. The first kappa shape index (κ1) is 16.1. The predicted octanol–water partition coefficient (Wildman–Crippen LogP) is 2.02. The van der Waals surface area contributed by atoms with E-state index >= 15 is 0 Å². The Morgan fingerprint density at radius 3 is 2.50 bits per heavy atom. The number of carboxylic acids is 1. The van der Waals surface area contributed by atoms with Gasteiger partial charge in [-0.05, 0) is 37.5 Å². The lowest BCUT2D eigenvalue weighted by atomic mass is 10.0. The number of carbonyl (C=O) groups is 2. The molecule has 0 radical (unpaired) electrons. The minimum Gasteiger partial charge on any atom is -0.481 e. The van der Waals surface area contributed by atoms with E-state index in [2.05, 4.69) is 10.3 Å². The van der Waals surface area contributed by atoms with Gasteiger partial charge in [-0.3, -0.25) is 14.6 Å². The molecule has 0 aliphatic rings. The van der Waals surface area contributed by atoms with Crippen molar-refractivity contribution in [2.75, 3.05) is 0 Å². The van der Waals surface area contributed by atoms with Crippen molar-refractivity contribution in [2.24, 2.45) is 5.92 Å². The van der Waals surface area contributed by atoms with Gasteiger partial charge in [0.2, 0.25) is 5.91 Å². The highest BCUT2D eigenvalue weighted by atomic mass is 16.4. The molecule has 1 aromatic heterocycles. The highest BCUT2D eigenvalue weighted by Gasteiger charge is 2.12. The van der Waals surface area contributed by atoms with Gasteiger partial charge < -0.3 is 10.4 Å². The van der Waals surface area contributed by atoms with E-state index in [1.165, 1.54) is 0 Å². The number of nitrogens with one attached hydrogen (secondary N) is 1. The Hall–Kier alpha value is -1.91. The van der Waals surface area contributed by atoms with Crippen LogP contribution < -0.4 is 5.32 Å². The van der Waals surface area contributed by atoms with E-state index in [4.69, 9.17) is 5.11 Å². The third-order valence-electron chi connectivity index (χ3n) is 3.22. The molecule has 5 nitrogen and oxygen atoms in total. The van der Waals surface area contributed by atoms with Crippen LogP contribution in [0.15, 0.2) is 24.5 Å². The highest BCUT2D eigenvalue weighted by Crippen LogP contribution is 2.09. The van der Waals surface area contributed by atoms with E-state index in [-0.39, 0.29) is 17.9 Å². The SMILES string of the molecule is CC(CCCC(C)C(=O)O)NC(=O)Cc1ccncc1. The van der Waals surface area contributed by atoms with Crippen molar-refractivity contribution in [3.63, 3.8) is 0 Å². The lowest BCUT2D eigenvalue weighted by molar-refractivity contribution is -0.141. The van der Waals surface area contributed by atoms with Crippen molar-refractivity contribution in [1.29, 1.82) is 0 Å². The second-order valence-electron chi connectivity index (χ2n) is 5.17. The normalized spacial score (nSPS) is 13.5. The first-order valence-corrected chi connectivity index (χ1v) is 6.90. The molecule has 20 heavy (non-hydrogen) atoms. The number of pyridine rings is 1. The molecule has 110 valence electrons. The van der Waals surface area contributed by atoms with Gasteiger partial charge >= 0.3 is 5.97 Å². The summed E-state index contributed by atoms with van der Waals surface area (Å²) in [7, 11) is 0. The van der Waals surface area contributed by atoms with Crippen molar-refractivity contribution in [2.45, 2.75) is 45.6 Å². The van der Waals surface area contributed by atoms with Gasteiger partial charge in [0, 0.05) is 18.4 Å². The van der Waals surface area contributed by atoms with Gasteiger partial charge in [-0.15, -0.1) is 0 Å². The number of rotatable bonds is 8. The first-order valence-electron chi connectivity index (χ1n) is 6.90. The van der Waals surface area contributed by atoms with E-state index in [1.807, 2.05) is 19.1 Å². The summed E-state index contributed by atoms with van der Waals surface area (Å²) in [5, 5.41) is 11.7. The van der Waals surface area contributed by atoms with E-state index in [0.29, 0.717) is 12.8 Å². The van der Waals surface area contributed by atoms with Crippen LogP contribution in [-0.2, 0) is 16.0 Å². The number of aromatic nitrogens is 1. The summed E-state index contributed by atoms with van der Waals surface area (Å²) in [6, 6.07) is 3.70. The van der Waals surface area contributed by atoms with Gasteiger partial charge in [0.05, 0.1) is 12.3 Å². The van der Waals surface area contributed by atoms with Crippen LogP contribution in [0.3, 0.4) is 0 Å². The number of aliphatic carboxylic acids is 1. The van der Waals surface area contributed by atoms with Gasteiger partial charge in [0.15, 0.2) is 0 Å². The zero-order valence-corrected chi connectivity index (χ0v) is 12.0. The smallest absolute Gasteiger partial charge is 0.306 e. The molecule has 1 amide bonds. The number of amides is 1. The number of hydrogen-bond acceptors (Lipinski definition) is 3. The van der Waals surface area contributed by atoms with E-state index < -0.39 is 5.97 Å². The van der Waals surface area contributed by atoms with Gasteiger partial charge in [-0.25, -0.2) is 0 Å². The molecule has 0 fully saturated rings. The monoisotopic (exact) mass is 278 g/mol. The van der Waals surface area contributed by atoms with Crippen molar-refractivity contribution in [3.8, 4) is 0 Å². The van der Waals surface area contributed by atoms with Gasteiger partial charge in [0.1, 0.15) is 0 Å². The molecule has 0 saturated carbocycles. The van der Waals surface area contributed by atoms with E-state index in [1.54, 1.807) is 19.3 Å². The highest BCUT2D eigenvalue weighted by molar-refractivity contribution is 5.78. The molecule has 1 heterocycles. The van der Waals surface area contributed by atoms with Crippen LogP contribution in [0.5, 0.6) is 0 Å². The van der Waals surface area contributed by atoms with E-state index in [9.17, 15) is 9.59 Å². The Balaban J connectivity index is 2.23. The number of carboxylic acid groups (broad SMARTS) is 1. The molecule has 2 unspecified atom stereocenters. The molecule has 0 aliphatic carbocycles. The lowest BCUT2D eigenvalue weighted by Crippen LogP contribution is -2.33. The summed E-state index contributed by atoms with van der Waals surface area (Å²) in [5.74, 6) is -1.11. The predicted molar refractivity (Wildman–Crippen MR) is 76.2 cm³/mol. The van der Waals surface area contributed by atoms with Crippen molar-refractivity contribution >= 4 is 11.9 Å². The summed E-state index contributed by atoms with van der Waals surface area (Å²) in [4.78, 5) is 26.4. The van der Waals surface area contributed by atoms with Crippen molar-refractivity contribution in [1.82, 2.24) is 10.3 Å². The third kappa shape index (κ3) is 6.31. The largest absolute Gasteiger partial charge is 0.481 e. The number of carbonyl (C=O) groups excluding carboxylic acids is 1. The molecule has 0 saturated heterocycles. The van der Waals surface area contributed by atoms with Gasteiger partial charge in [0.25, 0.3) is 0 Å². The molecular weight excluding hydrogens is 256 g/mol. The second-order valence-corrected chi connectivity index (χ2v) is 5.17. The van der Waals surface area contributed by atoms with Crippen molar-refractivity contribution in [3.05, 3.63) is 30.1 Å². The molecule has 0 aliphatic heterocycles. The fourth-order valence-electron chi connectivity index (χ4n) is 1.94. The first-order chi connectivity index (χ1) is 9.49. The Morgan fingerprint density at radius 2 is 1.90 bits per heavy atom. The fraction of sp³-hybridized carbons (Fsp3) is 0.533. The van der Waals surface area contributed by atoms with Crippen LogP contribution in [0.2, 0.25) is 0 Å². The summed E-state index contributed by atoms with van der Waals surface area (Å²) in [5.41, 5.74) is 0.934. The van der Waals surface area contributed by atoms with E-state index in [0.717, 1.165) is 18.4 Å². The minimum absolute atomic E-state index is 0.0185. The zero-order valence-electron chi connectivity index (χ0n) is 12.0. The molecule has 0 aromatic carbocycles. The second kappa shape index (κ2) is 8.30. The Kier molecular flexibility index (Phi) is 6.70. The van der Waals surface area contributed by atoms with Crippen LogP contribution in [0.1, 0.15) is 38.7 Å². The summed E-state index contributed by atoms with van der Waals surface area (Å²) >= 11 is 0. The van der Waals surface area contributed by atoms with Crippen LogP contribution in [0, 0.1) is 5.92 Å². The topological polar surface area (TPSA) is 79.3 Å². The molecule has 1 aromatic rings. The Morgan fingerprint density at radius 1 is 1.25 bits per heavy atom. The molecule has 5 heteroatoms. The average molecular weight is 278 g/mol. The molecule has 2 atom stereocenters. The average Bonchev–Trinajstić information content (AvgIpc) is 2.39. The third-order valence-corrected chi connectivity index (χ3v) is 3.22. The van der Waals surface area contributed by atoms with Crippen LogP contribution >= 0.6 is 0 Å². The lowest BCUT2D eigenvalue weighted by Gasteiger charge is -2.14. The molecule has 0 spiro atoms. The maximum atomic E-state index is 11.8. The molecule has 0 bridgehead atoms. The van der Waals surface area contributed by atoms with Gasteiger partial charge in [-0.2, -0.15) is 0 Å². The number of hydrogen-bond donors (Lipinski definition) is 2. The minimum atomic E-state index is -0.764. The fourth-order valence-corrected chi connectivity index (χ4v) is 1.94. The molecule has 2 N–H and O–H groups in total. The van der Waals surface area contributed by atoms with Crippen LogP contribution in [0.4, 0.5) is 0 Å². The van der Waals surface area contributed by atoms with Gasteiger partial charge in [-0.1, -0.05) is 13.3 Å². The quantitative estimate of drug-likeness (QED) is 0.762. The molecule has 1 rings (SSSR count).